The Morgan fingerprint density at radius 1 is 1.56 bits per heavy atom. The molecule has 2 atom stereocenters. The van der Waals surface area contributed by atoms with Gasteiger partial charge in [0, 0.05) is 25.4 Å². The van der Waals surface area contributed by atoms with Crippen molar-refractivity contribution < 1.29 is 14.6 Å². The molecule has 0 bridgehead atoms. The predicted molar refractivity (Wildman–Crippen MR) is 66.8 cm³/mol. The SMILES string of the molecule is CC(C)(C)OC(=O)N1CCC(O)C(CCC#N)C1. The molecule has 1 rings (SSSR count). The summed E-state index contributed by atoms with van der Waals surface area (Å²) in [5.74, 6) is -0.0223. The van der Waals surface area contributed by atoms with Gasteiger partial charge in [-0.05, 0) is 33.6 Å². The maximum absolute atomic E-state index is 11.9. The minimum atomic E-state index is -0.505. The number of nitriles is 1. The molecule has 0 radical (unpaired) electrons. The van der Waals surface area contributed by atoms with Crippen LogP contribution in [0.3, 0.4) is 0 Å². The van der Waals surface area contributed by atoms with Gasteiger partial charge < -0.3 is 14.7 Å². The molecule has 1 aliphatic rings. The lowest BCUT2D eigenvalue weighted by Crippen LogP contribution is -2.47. The maximum atomic E-state index is 11.9. The summed E-state index contributed by atoms with van der Waals surface area (Å²) in [6.45, 7) is 6.47. The Kier molecular flexibility index (Phi) is 4.97. The monoisotopic (exact) mass is 254 g/mol. The van der Waals surface area contributed by atoms with E-state index in [9.17, 15) is 9.90 Å². The third-order valence-corrected chi connectivity index (χ3v) is 2.97. The van der Waals surface area contributed by atoms with E-state index in [1.165, 1.54) is 0 Å². The number of likely N-dealkylation sites (tertiary alicyclic amines) is 1. The Bertz CT molecular complexity index is 330. The fraction of sp³-hybridized carbons (Fsp3) is 0.846. The van der Waals surface area contributed by atoms with Crippen LogP contribution in [0.1, 0.15) is 40.0 Å². The first kappa shape index (κ1) is 14.8. The number of nitrogens with zero attached hydrogens (tertiary/aromatic N) is 2. The Hall–Kier alpha value is -1.28. The summed E-state index contributed by atoms with van der Waals surface area (Å²) in [5, 5.41) is 18.4. The van der Waals surface area contributed by atoms with E-state index in [2.05, 4.69) is 6.07 Å². The van der Waals surface area contributed by atoms with Crippen LogP contribution in [0, 0.1) is 17.2 Å². The molecular formula is C13H22N2O3. The van der Waals surface area contributed by atoms with E-state index in [1.54, 1.807) is 4.90 Å². The highest BCUT2D eigenvalue weighted by atomic mass is 16.6. The van der Waals surface area contributed by atoms with Gasteiger partial charge >= 0.3 is 6.09 Å². The molecule has 0 spiro atoms. The number of hydrogen-bond acceptors (Lipinski definition) is 4. The summed E-state index contributed by atoms with van der Waals surface area (Å²) >= 11 is 0. The quantitative estimate of drug-likeness (QED) is 0.817. The minimum Gasteiger partial charge on any atom is -0.444 e. The van der Waals surface area contributed by atoms with E-state index in [1.807, 2.05) is 20.8 Å². The first-order chi connectivity index (χ1) is 8.33. The van der Waals surface area contributed by atoms with Crippen LogP contribution < -0.4 is 0 Å². The highest BCUT2D eigenvalue weighted by Gasteiger charge is 2.32. The number of aliphatic hydroxyl groups excluding tert-OH is 1. The van der Waals surface area contributed by atoms with E-state index in [0.29, 0.717) is 32.4 Å². The molecule has 2 unspecified atom stereocenters. The number of amides is 1. The summed E-state index contributed by atoms with van der Waals surface area (Å²) in [6, 6.07) is 2.07. The van der Waals surface area contributed by atoms with Crippen LogP contribution in [-0.4, -0.2) is 40.9 Å². The van der Waals surface area contributed by atoms with E-state index >= 15 is 0 Å². The van der Waals surface area contributed by atoms with Gasteiger partial charge in [-0.25, -0.2) is 4.79 Å². The Balaban J connectivity index is 2.53. The van der Waals surface area contributed by atoms with Gasteiger partial charge in [0.05, 0.1) is 12.2 Å². The summed E-state index contributed by atoms with van der Waals surface area (Å²) < 4.78 is 5.31. The maximum Gasteiger partial charge on any atom is 0.410 e. The zero-order chi connectivity index (χ0) is 13.8. The number of rotatable bonds is 2. The Morgan fingerprint density at radius 3 is 2.78 bits per heavy atom. The van der Waals surface area contributed by atoms with Crippen LogP contribution in [0.15, 0.2) is 0 Å². The molecule has 1 N–H and O–H groups in total. The highest BCUT2D eigenvalue weighted by molar-refractivity contribution is 5.68. The van der Waals surface area contributed by atoms with E-state index in [4.69, 9.17) is 10.00 Å². The number of ether oxygens (including phenoxy) is 1. The molecule has 0 aliphatic carbocycles. The molecule has 102 valence electrons. The Morgan fingerprint density at radius 2 is 2.22 bits per heavy atom. The lowest BCUT2D eigenvalue weighted by Gasteiger charge is -2.36. The molecule has 1 fully saturated rings. The smallest absolute Gasteiger partial charge is 0.410 e. The molecule has 5 heteroatoms. The third kappa shape index (κ3) is 4.53. The Labute approximate surface area is 108 Å². The normalized spacial score (nSPS) is 24.5. The first-order valence-corrected chi connectivity index (χ1v) is 6.36. The summed E-state index contributed by atoms with van der Waals surface area (Å²) in [7, 11) is 0. The second-order valence-electron chi connectivity index (χ2n) is 5.74. The fourth-order valence-electron chi connectivity index (χ4n) is 2.05. The predicted octanol–water partition coefficient (Wildman–Crippen LogP) is 1.91. The van der Waals surface area contributed by atoms with Crippen LogP contribution in [-0.2, 0) is 4.74 Å². The van der Waals surface area contributed by atoms with Gasteiger partial charge in [-0.1, -0.05) is 0 Å². The van der Waals surface area contributed by atoms with Gasteiger partial charge in [-0.3, -0.25) is 0 Å². The minimum absolute atomic E-state index is 0.0223. The van der Waals surface area contributed by atoms with Gasteiger partial charge in [0.2, 0.25) is 0 Å². The topological polar surface area (TPSA) is 73.6 Å². The molecule has 0 aromatic rings. The molecule has 18 heavy (non-hydrogen) atoms. The molecule has 1 heterocycles. The summed E-state index contributed by atoms with van der Waals surface area (Å²) in [5.41, 5.74) is -0.505. The van der Waals surface area contributed by atoms with Crippen LogP contribution in [0.2, 0.25) is 0 Å². The number of hydrogen-bond donors (Lipinski definition) is 1. The summed E-state index contributed by atoms with van der Waals surface area (Å²) in [6.07, 6.45) is 0.823. The van der Waals surface area contributed by atoms with Crippen LogP contribution in [0.25, 0.3) is 0 Å². The van der Waals surface area contributed by atoms with Gasteiger partial charge in [-0.15, -0.1) is 0 Å². The fourth-order valence-corrected chi connectivity index (χ4v) is 2.05. The molecule has 1 amide bonds. The number of carbonyl (C=O) groups is 1. The number of carbonyl (C=O) groups excluding carboxylic acids is 1. The average Bonchev–Trinajstić information content (AvgIpc) is 2.25. The molecule has 0 saturated carbocycles. The highest BCUT2D eigenvalue weighted by Crippen LogP contribution is 2.23. The van der Waals surface area contributed by atoms with Crippen molar-refractivity contribution in [2.75, 3.05) is 13.1 Å². The molecule has 5 nitrogen and oxygen atoms in total. The van der Waals surface area contributed by atoms with Gasteiger partial charge in [0.25, 0.3) is 0 Å². The second kappa shape index (κ2) is 6.05. The van der Waals surface area contributed by atoms with Crippen molar-refractivity contribution in [2.24, 2.45) is 5.92 Å². The molecule has 0 aromatic carbocycles. The second-order valence-corrected chi connectivity index (χ2v) is 5.74. The standard InChI is InChI=1S/C13H22N2O3/c1-13(2,3)18-12(17)15-8-6-11(16)10(9-15)5-4-7-14/h10-11,16H,4-6,8-9H2,1-3H3. The van der Waals surface area contributed by atoms with Crippen molar-refractivity contribution in [2.45, 2.75) is 51.7 Å². The van der Waals surface area contributed by atoms with Crippen LogP contribution >= 0.6 is 0 Å². The largest absolute Gasteiger partial charge is 0.444 e. The van der Waals surface area contributed by atoms with E-state index in [-0.39, 0.29) is 12.0 Å². The first-order valence-electron chi connectivity index (χ1n) is 6.36. The lowest BCUT2D eigenvalue weighted by molar-refractivity contribution is -0.00963. The van der Waals surface area contributed by atoms with Gasteiger partial charge in [0.15, 0.2) is 0 Å². The number of aliphatic hydroxyl groups is 1. The van der Waals surface area contributed by atoms with E-state index < -0.39 is 11.7 Å². The van der Waals surface area contributed by atoms with Crippen molar-refractivity contribution in [3.8, 4) is 6.07 Å². The van der Waals surface area contributed by atoms with Crippen LogP contribution in [0.4, 0.5) is 4.79 Å². The van der Waals surface area contributed by atoms with Gasteiger partial charge in [-0.2, -0.15) is 5.26 Å². The van der Waals surface area contributed by atoms with Crippen molar-refractivity contribution in [3.63, 3.8) is 0 Å². The zero-order valence-electron chi connectivity index (χ0n) is 11.3. The lowest BCUT2D eigenvalue weighted by atomic mass is 9.91. The van der Waals surface area contributed by atoms with Crippen molar-refractivity contribution >= 4 is 6.09 Å². The molecular weight excluding hydrogens is 232 g/mol. The van der Waals surface area contributed by atoms with Crippen molar-refractivity contribution in [1.82, 2.24) is 4.90 Å². The molecule has 1 aliphatic heterocycles. The zero-order valence-corrected chi connectivity index (χ0v) is 11.3. The van der Waals surface area contributed by atoms with E-state index in [0.717, 1.165) is 0 Å². The van der Waals surface area contributed by atoms with Crippen molar-refractivity contribution in [1.29, 1.82) is 5.26 Å². The summed E-state index contributed by atoms with van der Waals surface area (Å²) in [4.78, 5) is 13.5. The average molecular weight is 254 g/mol. The third-order valence-electron chi connectivity index (χ3n) is 2.97. The van der Waals surface area contributed by atoms with Crippen molar-refractivity contribution in [3.05, 3.63) is 0 Å². The van der Waals surface area contributed by atoms with Crippen LogP contribution in [0.5, 0.6) is 0 Å². The molecule has 0 aromatic heterocycles. The molecule has 1 saturated heterocycles. The van der Waals surface area contributed by atoms with Gasteiger partial charge in [0.1, 0.15) is 5.60 Å². The number of piperidine rings is 1.